The number of benzene rings is 1. The van der Waals surface area contributed by atoms with Gasteiger partial charge < -0.3 is 15.4 Å². The van der Waals surface area contributed by atoms with Crippen LogP contribution in [0, 0.1) is 5.92 Å². The molecule has 2 amide bonds. The van der Waals surface area contributed by atoms with Crippen molar-refractivity contribution in [3.05, 3.63) is 29.8 Å². The summed E-state index contributed by atoms with van der Waals surface area (Å²) >= 11 is 0. The van der Waals surface area contributed by atoms with E-state index in [0.717, 1.165) is 0 Å². The Hall–Kier alpha value is -1.60. The average molecular weight is 318 g/mol. The number of phosphoric ester groups is 1. The Morgan fingerprint density at radius 2 is 2.00 bits per heavy atom. The normalized spacial score (nSPS) is 13.7. The van der Waals surface area contributed by atoms with Gasteiger partial charge in [-0.15, -0.1) is 0 Å². The van der Waals surface area contributed by atoms with Gasteiger partial charge in [0.1, 0.15) is 5.75 Å². The first-order valence-electron chi connectivity index (χ1n) is 6.21. The van der Waals surface area contributed by atoms with E-state index >= 15 is 0 Å². The quantitative estimate of drug-likeness (QED) is 0.497. The minimum atomic E-state index is -4.39. The van der Waals surface area contributed by atoms with Gasteiger partial charge in [-0.1, -0.05) is 26.0 Å². The van der Waals surface area contributed by atoms with Gasteiger partial charge in [-0.2, -0.15) is 4.62 Å². The number of hydroxylamine groups is 1. The van der Waals surface area contributed by atoms with E-state index in [2.05, 4.69) is 9.15 Å². The fourth-order valence-corrected chi connectivity index (χ4v) is 1.80. The Morgan fingerprint density at radius 1 is 1.38 bits per heavy atom. The molecule has 21 heavy (non-hydrogen) atoms. The van der Waals surface area contributed by atoms with Gasteiger partial charge in [0.2, 0.25) is 0 Å². The van der Waals surface area contributed by atoms with Crippen LogP contribution < -0.4 is 16.0 Å². The van der Waals surface area contributed by atoms with Crippen LogP contribution in [-0.2, 0) is 20.3 Å². The number of ether oxygens (including phenoxy) is 1. The zero-order chi connectivity index (χ0) is 15.9. The number of nitrogens with two attached hydrogens (primary N) is 1. The zero-order valence-electron chi connectivity index (χ0n) is 11.8. The molecule has 9 heteroatoms. The molecule has 0 spiro atoms. The maximum atomic E-state index is 11.4. The van der Waals surface area contributed by atoms with Crippen molar-refractivity contribution < 1.29 is 28.1 Å². The lowest BCUT2D eigenvalue weighted by molar-refractivity contribution is 0.104. The number of phosphoric acid groups is 1. The van der Waals surface area contributed by atoms with Gasteiger partial charge in [-0.25, -0.2) is 14.8 Å². The summed E-state index contributed by atoms with van der Waals surface area (Å²) in [4.78, 5) is 19.6. The summed E-state index contributed by atoms with van der Waals surface area (Å²) in [6.07, 6.45) is 0. The minimum absolute atomic E-state index is 0.168. The lowest BCUT2D eigenvalue weighted by Crippen LogP contribution is -2.28. The van der Waals surface area contributed by atoms with E-state index in [-0.39, 0.29) is 6.61 Å². The summed E-state index contributed by atoms with van der Waals surface area (Å²) in [5.41, 5.74) is 6.88. The summed E-state index contributed by atoms with van der Waals surface area (Å²) in [5.74, 6) is 1.12. The van der Waals surface area contributed by atoms with Crippen LogP contribution in [0.1, 0.15) is 19.4 Å². The number of hydrogen-bond acceptors (Lipinski definition) is 5. The maximum Gasteiger partial charge on any atom is 0.494 e. The third kappa shape index (κ3) is 7.67. The molecule has 0 saturated carbocycles. The van der Waals surface area contributed by atoms with E-state index in [4.69, 9.17) is 10.5 Å². The second-order valence-electron chi connectivity index (χ2n) is 4.65. The lowest BCUT2D eigenvalue weighted by atomic mass is 10.2. The Balaban J connectivity index is 2.45. The van der Waals surface area contributed by atoms with Gasteiger partial charge in [0.15, 0.2) is 0 Å². The molecule has 0 radical (unpaired) electrons. The second kappa shape index (κ2) is 7.99. The molecule has 0 bridgehead atoms. The Labute approximate surface area is 122 Å². The van der Waals surface area contributed by atoms with E-state index in [1.54, 1.807) is 24.3 Å². The highest BCUT2D eigenvalue weighted by Gasteiger charge is 2.22. The molecule has 118 valence electrons. The molecule has 0 aliphatic rings. The summed E-state index contributed by atoms with van der Waals surface area (Å²) in [7, 11) is -4.39. The first-order chi connectivity index (χ1) is 9.78. The molecule has 1 rings (SSSR count). The van der Waals surface area contributed by atoms with Crippen molar-refractivity contribution in [1.29, 1.82) is 0 Å². The number of primary amides is 1. The van der Waals surface area contributed by atoms with E-state index in [1.165, 1.54) is 5.48 Å². The van der Waals surface area contributed by atoms with Crippen molar-refractivity contribution >= 4 is 13.9 Å². The average Bonchev–Trinajstić information content (AvgIpc) is 2.42. The van der Waals surface area contributed by atoms with Gasteiger partial charge in [0.05, 0.1) is 13.2 Å². The molecular formula is C12H19N2O6P. The molecule has 0 saturated heterocycles. The van der Waals surface area contributed by atoms with Crippen LogP contribution in [0.2, 0.25) is 0 Å². The zero-order valence-corrected chi connectivity index (χ0v) is 12.7. The summed E-state index contributed by atoms with van der Waals surface area (Å²) in [6.45, 7) is 4.52. The molecule has 0 fully saturated rings. The largest absolute Gasteiger partial charge is 0.494 e. The van der Waals surface area contributed by atoms with Crippen molar-refractivity contribution in [1.82, 2.24) is 5.48 Å². The molecule has 1 aromatic carbocycles. The van der Waals surface area contributed by atoms with E-state index in [1.807, 2.05) is 13.8 Å². The molecule has 1 aromatic rings. The van der Waals surface area contributed by atoms with Gasteiger partial charge in [-0.3, -0.25) is 4.52 Å². The molecular weight excluding hydrogens is 299 g/mol. The Morgan fingerprint density at radius 3 is 2.52 bits per heavy atom. The van der Waals surface area contributed by atoms with Crippen LogP contribution >= 0.6 is 7.82 Å². The van der Waals surface area contributed by atoms with Crippen LogP contribution in [-0.4, -0.2) is 17.5 Å². The van der Waals surface area contributed by atoms with Gasteiger partial charge in [0, 0.05) is 0 Å². The van der Waals surface area contributed by atoms with Crippen LogP contribution in [0.25, 0.3) is 0 Å². The van der Waals surface area contributed by atoms with Gasteiger partial charge in [-0.05, 0) is 23.6 Å². The third-order valence-corrected chi connectivity index (χ3v) is 2.94. The number of carbonyl (C=O) groups excluding carboxylic acids is 1. The second-order valence-corrected chi connectivity index (χ2v) is 6.03. The number of nitrogens with one attached hydrogen (secondary N) is 1. The minimum Gasteiger partial charge on any atom is -0.493 e. The highest BCUT2D eigenvalue weighted by atomic mass is 31.2. The topological polar surface area (TPSA) is 120 Å². The summed E-state index contributed by atoms with van der Waals surface area (Å²) in [6, 6.07) is 5.74. The van der Waals surface area contributed by atoms with Crippen molar-refractivity contribution in [2.24, 2.45) is 11.7 Å². The van der Waals surface area contributed by atoms with Crippen LogP contribution in [0.4, 0.5) is 4.79 Å². The third-order valence-electron chi connectivity index (χ3n) is 2.16. The molecule has 1 unspecified atom stereocenters. The van der Waals surface area contributed by atoms with Crippen LogP contribution in [0.5, 0.6) is 5.75 Å². The predicted molar refractivity (Wildman–Crippen MR) is 75.2 cm³/mol. The molecule has 0 heterocycles. The number of carbonyl (C=O) groups is 1. The van der Waals surface area contributed by atoms with Crippen LogP contribution in [0.3, 0.4) is 0 Å². The lowest BCUT2D eigenvalue weighted by Gasteiger charge is -2.12. The first kappa shape index (κ1) is 17.5. The van der Waals surface area contributed by atoms with Crippen molar-refractivity contribution in [2.45, 2.75) is 20.5 Å². The van der Waals surface area contributed by atoms with Gasteiger partial charge >= 0.3 is 13.9 Å². The summed E-state index contributed by atoms with van der Waals surface area (Å²) in [5, 5.41) is 0. The SMILES string of the molecule is CC(C)COc1ccc(COP(=O)(O)ONC(N)=O)cc1. The van der Waals surface area contributed by atoms with Crippen molar-refractivity contribution in [2.75, 3.05) is 6.61 Å². The molecule has 8 nitrogen and oxygen atoms in total. The van der Waals surface area contributed by atoms with Gasteiger partial charge in [0.25, 0.3) is 0 Å². The Bertz CT molecular complexity index is 505. The fraction of sp³-hybridized carbons (Fsp3) is 0.417. The smallest absolute Gasteiger partial charge is 0.493 e. The number of hydrogen-bond donors (Lipinski definition) is 3. The van der Waals surface area contributed by atoms with E-state index in [9.17, 15) is 14.3 Å². The van der Waals surface area contributed by atoms with Crippen molar-refractivity contribution in [3.8, 4) is 5.75 Å². The number of urea groups is 1. The standard InChI is InChI=1S/C12H19N2O6P/c1-9(2)7-18-11-5-3-10(4-6-11)8-19-21(16,17)20-14-12(13)15/h3-6,9H,7-8H2,1-2H3,(H,16,17)(H3,13,14,15). The highest BCUT2D eigenvalue weighted by Crippen LogP contribution is 2.42. The first-order valence-corrected chi connectivity index (χ1v) is 7.71. The van der Waals surface area contributed by atoms with Crippen LogP contribution in [0.15, 0.2) is 24.3 Å². The predicted octanol–water partition coefficient (Wildman–Crippen LogP) is 1.94. The maximum absolute atomic E-state index is 11.4. The monoisotopic (exact) mass is 318 g/mol. The Kier molecular flexibility index (Phi) is 6.64. The van der Waals surface area contributed by atoms with E-state index < -0.39 is 13.9 Å². The molecule has 0 aromatic heterocycles. The molecule has 1 atom stereocenters. The number of amides is 2. The number of rotatable bonds is 8. The highest BCUT2D eigenvalue weighted by molar-refractivity contribution is 7.47. The molecule has 0 aliphatic carbocycles. The molecule has 4 N–H and O–H groups in total. The van der Waals surface area contributed by atoms with E-state index in [0.29, 0.717) is 23.8 Å². The molecule has 0 aliphatic heterocycles. The van der Waals surface area contributed by atoms with Crippen molar-refractivity contribution in [3.63, 3.8) is 0 Å². The fourth-order valence-electron chi connectivity index (χ4n) is 1.23. The summed E-state index contributed by atoms with van der Waals surface area (Å²) < 4.78 is 25.7.